The predicted octanol–water partition coefficient (Wildman–Crippen LogP) is 2.86. The van der Waals surface area contributed by atoms with Crippen LogP contribution in [-0.4, -0.2) is 22.9 Å². The fourth-order valence-electron chi connectivity index (χ4n) is 2.52. The van der Waals surface area contributed by atoms with Crippen LogP contribution in [0.4, 0.5) is 8.78 Å². The molecule has 0 aliphatic heterocycles. The Labute approximate surface area is 124 Å². The lowest BCUT2D eigenvalue weighted by Crippen LogP contribution is -2.31. The van der Waals surface area contributed by atoms with Gasteiger partial charge in [0.1, 0.15) is 0 Å². The first kappa shape index (κ1) is 15.6. The first-order chi connectivity index (χ1) is 10.0. The zero-order chi connectivity index (χ0) is 15.4. The maximum absolute atomic E-state index is 13.3. The van der Waals surface area contributed by atoms with E-state index in [1.54, 1.807) is 6.07 Å². The summed E-state index contributed by atoms with van der Waals surface area (Å²) in [5.41, 5.74) is 2.93. The van der Waals surface area contributed by atoms with Crippen LogP contribution >= 0.6 is 0 Å². The van der Waals surface area contributed by atoms with Crippen molar-refractivity contribution < 1.29 is 8.78 Å². The number of nitrogens with zero attached hydrogens (tertiary/aromatic N) is 2. The van der Waals surface area contributed by atoms with Gasteiger partial charge in [-0.2, -0.15) is 5.10 Å². The summed E-state index contributed by atoms with van der Waals surface area (Å²) >= 11 is 0. The second-order valence-corrected chi connectivity index (χ2v) is 5.24. The molecule has 0 amide bonds. The van der Waals surface area contributed by atoms with E-state index in [0.29, 0.717) is 6.42 Å². The third kappa shape index (κ3) is 3.88. The average Bonchev–Trinajstić information content (AvgIpc) is 2.82. The molecule has 1 N–H and O–H groups in total. The molecule has 1 unspecified atom stereocenters. The number of hydrogen-bond acceptors (Lipinski definition) is 2. The molecule has 0 saturated carbocycles. The molecule has 0 aliphatic rings. The quantitative estimate of drug-likeness (QED) is 0.887. The maximum atomic E-state index is 13.3. The van der Waals surface area contributed by atoms with E-state index in [9.17, 15) is 8.78 Å². The van der Waals surface area contributed by atoms with Crippen LogP contribution in [0.2, 0.25) is 0 Å². The average molecular weight is 293 g/mol. The van der Waals surface area contributed by atoms with Gasteiger partial charge in [0.05, 0.1) is 5.69 Å². The van der Waals surface area contributed by atoms with E-state index in [4.69, 9.17) is 0 Å². The monoisotopic (exact) mass is 293 g/mol. The van der Waals surface area contributed by atoms with Gasteiger partial charge in [0, 0.05) is 24.7 Å². The molecule has 0 saturated heterocycles. The zero-order valence-corrected chi connectivity index (χ0v) is 12.7. The molecule has 0 spiro atoms. The third-order valence-corrected chi connectivity index (χ3v) is 3.61. The molecule has 1 aromatic carbocycles. The summed E-state index contributed by atoms with van der Waals surface area (Å²) in [5.74, 6) is -1.60. The van der Waals surface area contributed by atoms with Crippen molar-refractivity contribution in [1.29, 1.82) is 0 Å². The molecule has 2 aromatic rings. The number of nitrogens with one attached hydrogen (secondary N) is 1. The molecule has 114 valence electrons. The number of likely N-dealkylation sites (N-methyl/N-ethyl adjacent to an activating group) is 1. The normalized spacial score (nSPS) is 12.6. The number of rotatable bonds is 6. The Morgan fingerprint density at radius 3 is 2.57 bits per heavy atom. The van der Waals surface area contributed by atoms with Gasteiger partial charge in [0.25, 0.3) is 0 Å². The first-order valence-electron chi connectivity index (χ1n) is 7.18. The molecule has 1 aromatic heterocycles. The van der Waals surface area contributed by atoms with E-state index < -0.39 is 11.6 Å². The molecule has 0 aliphatic carbocycles. The van der Waals surface area contributed by atoms with Gasteiger partial charge in [-0.05, 0) is 51.1 Å². The smallest absolute Gasteiger partial charge is 0.159 e. The van der Waals surface area contributed by atoms with Crippen molar-refractivity contribution in [3.05, 3.63) is 52.9 Å². The molecule has 0 fully saturated rings. The van der Waals surface area contributed by atoms with Crippen molar-refractivity contribution >= 4 is 0 Å². The molecule has 1 atom stereocenters. The number of aromatic nitrogens is 2. The Balaban J connectivity index is 2.10. The minimum atomic E-state index is -0.806. The second kappa shape index (κ2) is 6.80. The van der Waals surface area contributed by atoms with Gasteiger partial charge < -0.3 is 5.32 Å². The van der Waals surface area contributed by atoms with E-state index in [-0.39, 0.29) is 6.04 Å². The van der Waals surface area contributed by atoms with Crippen molar-refractivity contribution in [2.45, 2.75) is 39.3 Å². The Bertz CT molecular complexity index is 608. The van der Waals surface area contributed by atoms with Crippen molar-refractivity contribution in [3.8, 4) is 0 Å². The Morgan fingerprint density at radius 1 is 1.19 bits per heavy atom. The molecule has 3 nitrogen and oxygen atoms in total. The summed E-state index contributed by atoms with van der Waals surface area (Å²) in [6.07, 6.45) is 1.44. The van der Waals surface area contributed by atoms with Gasteiger partial charge in [-0.15, -0.1) is 0 Å². The van der Waals surface area contributed by atoms with Crippen LogP contribution in [0.3, 0.4) is 0 Å². The molecule has 2 rings (SSSR count). The van der Waals surface area contributed by atoms with E-state index >= 15 is 0 Å². The fourth-order valence-corrected chi connectivity index (χ4v) is 2.52. The summed E-state index contributed by atoms with van der Waals surface area (Å²) < 4.78 is 28.2. The van der Waals surface area contributed by atoms with Crippen LogP contribution in [0.5, 0.6) is 0 Å². The van der Waals surface area contributed by atoms with Crippen LogP contribution in [0.1, 0.15) is 23.9 Å². The molecular weight excluding hydrogens is 272 g/mol. The number of aryl methyl sites for hydroxylation is 2. The zero-order valence-electron chi connectivity index (χ0n) is 12.7. The highest BCUT2D eigenvalue weighted by atomic mass is 19.2. The van der Waals surface area contributed by atoms with E-state index in [1.807, 2.05) is 18.7 Å². The van der Waals surface area contributed by atoms with Crippen LogP contribution < -0.4 is 5.32 Å². The Morgan fingerprint density at radius 2 is 1.95 bits per heavy atom. The molecular formula is C16H21F2N3. The number of halogens is 2. The van der Waals surface area contributed by atoms with E-state index in [1.165, 1.54) is 12.1 Å². The molecule has 0 bridgehead atoms. The largest absolute Gasteiger partial charge is 0.316 e. The van der Waals surface area contributed by atoms with Crippen molar-refractivity contribution in [2.24, 2.45) is 0 Å². The van der Waals surface area contributed by atoms with E-state index in [2.05, 4.69) is 23.4 Å². The van der Waals surface area contributed by atoms with Crippen LogP contribution in [-0.2, 0) is 19.4 Å². The van der Waals surface area contributed by atoms with Crippen molar-refractivity contribution in [2.75, 3.05) is 7.05 Å². The first-order valence-corrected chi connectivity index (χ1v) is 7.18. The lowest BCUT2D eigenvalue weighted by atomic mass is 10.0. The van der Waals surface area contributed by atoms with Crippen molar-refractivity contribution in [1.82, 2.24) is 15.1 Å². The van der Waals surface area contributed by atoms with Crippen LogP contribution in [0.15, 0.2) is 24.3 Å². The Kier molecular flexibility index (Phi) is 5.07. The van der Waals surface area contributed by atoms with Gasteiger partial charge in [0.2, 0.25) is 0 Å². The lowest BCUT2D eigenvalue weighted by Gasteiger charge is -2.17. The van der Waals surface area contributed by atoms with Gasteiger partial charge in [-0.3, -0.25) is 4.68 Å². The molecule has 1 heterocycles. The Hall–Kier alpha value is -1.75. The summed E-state index contributed by atoms with van der Waals surface area (Å²) in [7, 11) is 1.88. The van der Waals surface area contributed by atoms with Gasteiger partial charge in [0.15, 0.2) is 11.6 Å². The standard InChI is InChI=1S/C16H21F2N3/c1-4-21-14(7-11(2)20-21)10-13(19-3)8-12-5-6-15(17)16(18)9-12/h5-7,9,13,19H,4,8,10H2,1-3H3. The topological polar surface area (TPSA) is 29.9 Å². The highest BCUT2D eigenvalue weighted by molar-refractivity contribution is 5.20. The predicted molar refractivity (Wildman–Crippen MR) is 79.3 cm³/mol. The van der Waals surface area contributed by atoms with Gasteiger partial charge >= 0.3 is 0 Å². The summed E-state index contributed by atoms with van der Waals surface area (Å²) in [6, 6.07) is 6.29. The molecule has 21 heavy (non-hydrogen) atoms. The fraction of sp³-hybridized carbons (Fsp3) is 0.438. The van der Waals surface area contributed by atoms with E-state index in [0.717, 1.165) is 29.9 Å². The second-order valence-electron chi connectivity index (χ2n) is 5.24. The van der Waals surface area contributed by atoms with Gasteiger partial charge in [-0.1, -0.05) is 6.07 Å². The molecule has 5 heteroatoms. The molecule has 0 radical (unpaired) electrons. The highest BCUT2D eigenvalue weighted by Crippen LogP contribution is 2.13. The lowest BCUT2D eigenvalue weighted by molar-refractivity contribution is 0.498. The van der Waals surface area contributed by atoms with Crippen LogP contribution in [0.25, 0.3) is 0 Å². The summed E-state index contributed by atoms with van der Waals surface area (Å²) in [4.78, 5) is 0. The van der Waals surface area contributed by atoms with Crippen LogP contribution in [0, 0.1) is 18.6 Å². The maximum Gasteiger partial charge on any atom is 0.159 e. The number of hydrogen-bond donors (Lipinski definition) is 1. The minimum Gasteiger partial charge on any atom is -0.316 e. The highest BCUT2D eigenvalue weighted by Gasteiger charge is 2.13. The number of benzene rings is 1. The summed E-state index contributed by atoms with van der Waals surface area (Å²) in [6.45, 7) is 4.85. The SMILES string of the molecule is CCn1nc(C)cc1CC(Cc1ccc(F)c(F)c1)NC. The third-order valence-electron chi connectivity index (χ3n) is 3.61. The minimum absolute atomic E-state index is 0.149. The van der Waals surface area contributed by atoms with Gasteiger partial charge in [-0.25, -0.2) is 8.78 Å². The summed E-state index contributed by atoms with van der Waals surface area (Å²) in [5, 5.41) is 7.66. The van der Waals surface area contributed by atoms with Crippen molar-refractivity contribution in [3.63, 3.8) is 0 Å².